The molecular weight excluding hydrogens is 995 g/mol. The van der Waals surface area contributed by atoms with E-state index in [2.05, 4.69) is 241 Å². The Morgan fingerprint density at radius 1 is 0.232 bits per heavy atom. The topological polar surface area (TPSA) is 19.4 Å². The van der Waals surface area contributed by atoms with Gasteiger partial charge in [0, 0.05) is 94.2 Å². The van der Waals surface area contributed by atoms with Crippen LogP contribution in [0.25, 0.3) is 67.4 Å². The number of hydrogen-bond donors (Lipinski definition) is 0. The fraction of sp³-hybridized carbons (Fsp3) is 0.208. The Bertz CT molecular complexity index is 4180. The first kappa shape index (κ1) is 52.4. The smallest absolute Gasteiger partial charge is 0.201 e. The third-order valence-electron chi connectivity index (χ3n) is 15.0. The summed E-state index contributed by atoms with van der Waals surface area (Å²) in [7, 11) is 10.1. The molecule has 0 radical (unpaired) electrons. The largest absolute Gasteiger partial charge is 0.212 e. The van der Waals surface area contributed by atoms with Crippen molar-refractivity contribution in [2.45, 2.75) is 76.0 Å². The highest BCUT2D eigenvalue weighted by Gasteiger charge is 2.17. The second kappa shape index (κ2) is 28.5. The van der Waals surface area contributed by atoms with Crippen molar-refractivity contribution in [3.8, 4) is 67.4 Å². The van der Waals surface area contributed by atoms with E-state index in [1.165, 1.54) is 89.4 Å². The zero-order valence-corrected chi connectivity index (χ0v) is 50.7. The molecule has 6 aromatic carbocycles. The van der Waals surface area contributed by atoms with E-state index in [4.69, 9.17) is 8.22 Å². The van der Waals surface area contributed by atoms with Crippen LogP contribution < -0.4 is 22.8 Å². The summed E-state index contributed by atoms with van der Waals surface area (Å²) in [4.78, 5) is 0. The van der Waals surface area contributed by atoms with Gasteiger partial charge in [0.05, 0.1) is 0 Å². The van der Waals surface area contributed by atoms with Gasteiger partial charge in [0.25, 0.3) is 0 Å². The summed E-state index contributed by atoms with van der Waals surface area (Å²) < 4.78 is 55.2. The minimum absolute atomic E-state index is 0.363. The predicted molar refractivity (Wildman–Crippen MR) is 343 cm³/mol. The van der Waals surface area contributed by atoms with Crippen LogP contribution in [0.4, 0.5) is 0 Å². The second-order valence-electron chi connectivity index (χ2n) is 21.5. The molecule has 11 aromatic rings. The lowest BCUT2D eigenvalue weighted by Crippen LogP contribution is -2.31. The van der Waals surface area contributed by atoms with Gasteiger partial charge in [0.15, 0.2) is 31.0 Å². The van der Waals surface area contributed by atoms with Crippen LogP contribution in [-0.4, -0.2) is 0 Å². The lowest BCUT2D eigenvalue weighted by atomic mass is 10.0. The van der Waals surface area contributed by atoms with Gasteiger partial charge in [-0.3, -0.25) is 0 Å². The summed E-state index contributed by atoms with van der Waals surface area (Å²) in [6.45, 7) is 14.7. The maximum absolute atomic E-state index is 7.55. The Labute approximate surface area is 499 Å². The predicted octanol–water partition coefficient (Wildman–Crippen LogP) is 16.0. The van der Waals surface area contributed by atoms with Crippen LogP contribution in [0.5, 0.6) is 0 Å². The SMILES string of the molecule is Cc1cc(-c2ccccc2C)[n+](C)cc1C.Cc1ccc(-c2ccccc2C)[n+](C)c1.Cc1ccccc1-c1ccc(-c2ccccc2)c[n+]1C.[2H]C([2H])([2H])c1c[n+](C)c(-c2ccccc2C)cc1C.[2H]C([2H])([2H])c1ccc(-c2ccccc2C)[n+](C)c1. The lowest BCUT2D eigenvalue weighted by Gasteiger charge is -2.06. The summed E-state index contributed by atoms with van der Waals surface area (Å²) >= 11 is 0. The molecular formula is C77H86N5+5. The molecule has 414 valence electrons. The van der Waals surface area contributed by atoms with Gasteiger partial charge in [0.2, 0.25) is 28.5 Å². The van der Waals surface area contributed by atoms with Crippen LogP contribution in [0.1, 0.15) is 69.4 Å². The second-order valence-corrected chi connectivity index (χ2v) is 21.5. The molecule has 5 heteroatoms. The minimum atomic E-state index is -2.06. The van der Waals surface area contributed by atoms with Crippen molar-refractivity contribution in [2.75, 3.05) is 0 Å². The van der Waals surface area contributed by atoms with Crippen molar-refractivity contribution in [1.29, 1.82) is 0 Å². The van der Waals surface area contributed by atoms with E-state index in [-0.39, 0.29) is 0 Å². The number of hydrogen-bond acceptors (Lipinski definition) is 0. The van der Waals surface area contributed by atoms with Gasteiger partial charge in [-0.15, -0.1) is 0 Å². The number of rotatable bonds is 6. The summed E-state index contributed by atoms with van der Waals surface area (Å²) in [6, 6.07) is 68.6. The Morgan fingerprint density at radius 2 is 0.549 bits per heavy atom. The molecule has 0 spiro atoms. The van der Waals surface area contributed by atoms with E-state index >= 15 is 0 Å². The highest BCUT2D eigenvalue weighted by Crippen LogP contribution is 2.26. The van der Waals surface area contributed by atoms with E-state index < -0.39 is 13.7 Å². The monoisotopic (exact) mass is 1090 g/mol. The highest BCUT2D eigenvalue weighted by atomic mass is 14.9. The van der Waals surface area contributed by atoms with E-state index in [9.17, 15) is 0 Å². The lowest BCUT2D eigenvalue weighted by molar-refractivity contribution is -0.660. The number of pyridine rings is 5. The fourth-order valence-corrected chi connectivity index (χ4v) is 10.1. The molecule has 0 atom stereocenters. The van der Waals surface area contributed by atoms with E-state index in [0.29, 0.717) is 11.1 Å². The zero-order valence-electron chi connectivity index (χ0n) is 56.7. The van der Waals surface area contributed by atoms with E-state index in [1.807, 2.05) is 91.7 Å². The standard InChI is InChI=1S/C19H18N.2C15H18N.2C14H16N/c1-15-8-6-7-11-18(15)19-13-12-17(14-20(19)2)16-9-4-3-5-10-16;2*1-11-7-5-6-8-14(11)15-9-12(2)13(3)10-16(15)4;2*1-11-8-9-14(15(3)10-11)13-7-5-4-6-12(13)2/h3-14H,1-2H3;2*5-10H,1-4H3;2*4-10H,1-3H3/q5*+1/i;3D3;;1D3;. The fourth-order valence-electron chi connectivity index (χ4n) is 10.1. The molecule has 0 aliphatic rings. The molecule has 82 heavy (non-hydrogen) atoms. The molecule has 0 unspecified atom stereocenters. The van der Waals surface area contributed by atoms with Gasteiger partial charge in [-0.1, -0.05) is 121 Å². The molecule has 0 fully saturated rings. The van der Waals surface area contributed by atoms with Gasteiger partial charge in [0.1, 0.15) is 35.2 Å². The average Bonchev–Trinajstić information content (AvgIpc) is 2.08. The van der Waals surface area contributed by atoms with Crippen molar-refractivity contribution in [3.63, 3.8) is 0 Å². The van der Waals surface area contributed by atoms with Crippen molar-refractivity contribution in [3.05, 3.63) is 292 Å². The summed E-state index contributed by atoms with van der Waals surface area (Å²) in [5.74, 6) is 0. The average molecular weight is 1090 g/mol. The summed E-state index contributed by atoms with van der Waals surface area (Å²) in [5.41, 5.74) is 26.3. The number of benzene rings is 6. The van der Waals surface area contributed by atoms with Gasteiger partial charge in [-0.2, -0.15) is 0 Å². The van der Waals surface area contributed by atoms with Gasteiger partial charge in [-0.25, -0.2) is 22.8 Å². The molecule has 5 nitrogen and oxygen atoms in total. The van der Waals surface area contributed by atoms with Gasteiger partial charge < -0.3 is 0 Å². The zero-order chi connectivity index (χ0) is 64.0. The maximum atomic E-state index is 7.55. The Kier molecular flexibility index (Phi) is 18.2. The first-order chi connectivity index (χ1) is 41.7. The van der Waals surface area contributed by atoms with E-state index in [0.717, 1.165) is 28.1 Å². The normalized spacial score (nSPS) is 11.8. The molecule has 0 aliphatic carbocycles. The molecule has 5 heterocycles. The van der Waals surface area contributed by atoms with Crippen LogP contribution in [0.15, 0.2) is 231 Å². The third kappa shape index (κ3) is 15.7. The molecule has 0 aliphatic heterocycles. The molecule has 0 saturated heterocycles. The molecule has 11 rings (SSSR count). The quantitative estimate of drug-likeness (QED) is 0.148. The number of aryl methyl sites for hydroxylation is 16. The van der Waals surface area contributed by atoms with Crippen LogP contribution in [-0.2, 0) is 35.2 Å². The van der Waals surface area contributed by atoms with Crippen LogP contribution in [0, 0.1) is 76.0 Å². The first-order valence-corrected chi connectivity index (χ1v) is 28.0. The minimum Gasteiger partial charge on any atom is -0.201 e. The van der Waals surface area contributed by atoms with Crippen molar-refractivity contribution in [2.24, 2.45) is 35.2 Å². The number of nitrogens with zero attached hydrogens (tertiary/aromatic N) is 5. The van der Waals surface area contributed by atoms with Crippen molar-refractivity contribution in [1.82, 2.24) is 0 Å². The maximum Gasteiger partial charge on any atom is 0.212 e. The molecule has 0 amide bonds. The van der Waals surface area contributed by atoms with Crippen LogP contribution in [0.2, 0.25) is 0 Å². The van der Waals surface area contributed by atoms with Crippen molar-refractivity contribution < 1.29 is 31.1 Å². The Balaban J connectivity index is 0.000000157. The third-order valence-corrected chi connectivity index (χ3v) is 15.0. The van der Waals surface area contributed by atoms with Crippen LogP contribution >= 0.6 is 0 Å². The summed E-state index contributed by atoms with van der Waals surface area (Å²) in [6.07, 6.45) is 9.93. The number of aromatic nitrogens is 5. The van der Waals surface area contributed by atoms with Gasteiger partial charge >= 0.3 is 0 Å². The van der Waals surface area contributed by atoms with E-state index in [1.54, 1.807) is 18.5 Å². The Hall–Kier alpha value is -8.93. The molecule has 0 bridgehead atoms. The molecule has 5 aromatic heterocycles. The summed E-state index contributed by atoms with van der Waals surface area (Å²) in [5, 5.41) is 0. The van der Waals surface area contributed by atoms with Gasteiger partial charge in [-0.05, 0) is 169 Å². The molecule has 0 N–H and O–H groups in total. The van der Waals surface area contributed by atoms with Crippen molar-refractivity contribution >= 4 is 0 Å². The van der Waals surface area contributed by atoms with Crippen LogP contribution in [0.3, 0.4) is 0 Å². The highest BCUT2D eigenvalue weighted by molar-refractivity contribution is 5.67. The first-order valence-electron chi connectivity index (χ1n) is 31.0. The Morgan fingerprint density at radius 3 is 0.927 bits per heavy atom. The molecule has 0 saturated carbocycles.